The first-order valence-electron chi connectivity index (χ1n) is 19.8. The molecule has 6 rings (SSSR count). The van der Waals surface area contributed by atoms with Crippen molar-refractivity contribution in [3.63, 3.8) is 0 Å². The first-order valence-corrected chi connectivity index (χ1v) is 19.8. The molecule has 4 atom stereocenters. The van der Waals surface area contributed by atoms with Crippen molar-refractivity contribution in [2.75, 3.05) is 41.3 Å². The molecule has 56 heavy (non-hydrogen) atoms. The number of hydrogen-bond acceptors (Lipinski definition) is 6. The number of benzene rings is 2. The second-order valence-electron chi connectivity index (χ2n) is 16.3. The molecule has 0 bridgehead atoms. The predicted molar refractivity (Wildman–Crippen MR) is 220 cm³/mol. The van der Waals surface area contributed by atoms with Crippen LogP contribution in [0.4, 0.5) is 9.59 Å². The summed E-state index contributed by atoms with van der Waals surface area (Å²) in [6, 6.07) is 14.9. The minimum atomic E-state index is -0.615. The lowest BCUT2D eigenvalue weighted by Crippen LogP contribution is -2.55. The maximum Gasteiger partial charge on any atom is 0.317 e. The van der Waals surface area contributed by atoms with Crippen LogP contribution in [-0.4, -0.2) is 119 Å². The van der Waals surface area contributed by atoms with Crippen LogP contribution in [0.1, 0.15) is 77.2 Å². The molecular formula is C43H57N9O4. The number of urea groups is 2. The Morgan fingerprint density at radius 1 is 0.696 bits per heavy atom. The zero-order valence-corrected chi connectivity index (χ0v) is 34.0. The molecule has 2 fully saturated rings. The van der Waals surface area contributed by atoms with Gasteiger partial charge in [-0.25, -0.2) is 14.6 Å². The number of H-pyrrole nitrogens is 1. The summed E-state index contributed by atoms with van der Waals surface area (Å²) in [6.45, 7) is 9.09. The van der Waals surface area contributed by atoms with Gasteiger partial charge in [0.15, 0.2) is 0 Å². The third kappa shape index (κ3) is 8.66. The van der Waals surface area contributed by atoms with E-state index in [4.69, 9.17) is 9.98 Å². The molecule has 0 aliphatic carbocycles. The molecular weight excluding hydrogens is 707 g/mol. The standard InChI is InChI=1S/C43H57N9O4/c1-26(2)37(47-42(55)49(5)6)40(53)51-21-9-11-35(51)33-23-32(24-44-33)30-15-13-28(14-16-30)29-17-19-31(20-18-29)34-25-45-39(46-34)36-12-10-22-52(36)41(54)38(27(3)4)48-43(56)50(7)8/h13-20,24-27,35-38H,9-12,21-23H2,1-8H3,(H,45,46)(H,47,55)(H,48,56)/t35-,36-,37-,38-/m0/s1. The van der Waals surface area contributed by atoms with E-state index in [1.54, 1.807) is 28.2 Å². The fraction of sp³-hybridized carbons (Fsp3) is 0.488. The van der Waals surface area contributed by atoms with Crippen molar-refractivity contribution in [2.24, 2.45) is 16.8 Å². The lowest BCUT2D eigenvalue weighted by Gasteiger charge is -2.32. The molecule has 6 amide bonds. The van der Waals surface area contributed by atoms with Crippen LogP contribution in [0, 0.1) is 11.8 Å². The van der Waals surface area contributed by atoms with E-state index in [0.29, 0.717) is 19.5 Å². The van der Waals surface area contributed by atoms with E-state index in [2.05, 4.69) is 64.1 Å². The predicted octanol–water partition coefficient (Wildman–Crippen LogP) is 6.18. The molecule has 2 aromatic carbocycles. The van der Waals surface area contributed by atoms with Gasteiger partial charge in [0.2, 0.25) is 11.8 Å². The van der Waals surface area contributed by atoms with Crippen LogP contribution >= 0.6 is 0 Å². The zero-order chi connectivity index (χ0) is 40.3. The van der Waals surface area contributed by atoms with E-state index in [9.17, 15) is 19.2 Å². The summed E-state index contributed by atoms with van der Waals surface area (Å²) < 4.78 is 0. The number of aliphatic imine (C=N–C) groups is 1. The lowest BCUT2D eigenvalue weighted by atomic mass is 9.95. The van der Waals surface area contributed by atoms with Crippen molar-refractivity contribution >= 4 is 35.2 Å². The van der Waals surface area contributed by atoms with Crippen LogP contribution in [0.2, 0.25) is 0 Å². The Hall–Kier alpha value is -5.46. The topological polar surface area (TPSA) is 146 Å². The van der Waals surface area contributed by atoms with Gasteiger partial charge < -0.3 is 35.2 Å². The van der Waals surface area contributed by atoms with E-state index < -0.39 is 12.1 Å². The number of nitrogens with one attached hydrogen (secondary N) is 3. The van der Waals surface area contributed by atoms with Gasteiger partial charge in [-0.05, 0) is 65.3 Å². The molecule has 3 aromatic rings. The maximum atomic E-state index is 13.7. The van der Waals surface area contributed by atoms with Crippen LogP contribution < -0.4 is 10.6 Å². The molecule has 3 aliphatic heterocycles. The number of carbonyl (C=O) groups is 4. The van der Waals surface area contributed by atoms with E-state index in [0.717, 1.165) is 70.7 Å². The van der Waals surface area contributed by atoms with E-state index in [1.807, 2.05) is 49.9 Å². The molecule has 4 heterocycles. The SMILES string of the molecule is CC(C)[C@H](NC(=O)N(C)C)C(=O)N1CCC[C@H]1C1=NC=C(c2ccc(-c3ccc(-c4cnc([C@@H]5CCCN5C(=O)[C@@H](NC(=O)N(C)C)C(C)C)[nH]4)cc3)cc2)C1. The monoisotopic (exact) mass is 763 g/mol. The van der Waals surface area contributed by atoms with Gasteiger partial charge in [0.1, 0.15) is 17.9 Å². The average molecular weight is 764 g/mol. The smallest absolute Gasteiger partial charge is 0.317 e. The summed E-state index contributed by atoms with van der Waals surface area (Å²) in [5, 5.41) is 5.81. The second kappa shape index (κ2) is 17.1. The average Bonchev–Trinajstić information content (AvgIpc) is 4.02. The van der Waals surface area contributed by atoms with Crippen molar-refractivity contribution in [1.29, 1.82) is 0 Å². The largest absolute Gasteiger partial charge is 0.340 e. The number of aromatic nitrogens is 2. The van der Waals surface area contributed by atoms with Gasteiger partial charge in [-0.15, -0.1) is 0 Å². The molecule has 3 N–H and O–H groups in total. The second-order valence-corrected chi connectivity index (χ2v) is 16.3. The zero-order valence-electron chi connectivity index (χ0n) is 34.0. The van der Waals surface area contributed by atoms with Gasteiger partial charge in [-0.2, -0.15) is 0 Å². The quantitative estimate of drug-likeness (QED) is 0.214. The molecule has 0 spiro atoms. The van der Waals surface area contributed by atoms with Gasteiger partial charge >= 0.3 is 12.1 Å². The lowest BCUT2D eigenvalue weighted by molar-refractivity contribution is -0.135. The summed E-state index contributed by atoms with van der Waals surface area (Å²) in [5.41, 5.74) is 7.28. The molecule has 0 saturated carbocycles. The van der Waals surface area contributed by atoms with Gasteiger partial charge in [0.05, 0.1) is 24.0 Å². The van der Waals surface area contributed by atoms with Gasteiger partial charge in [0, 0.05) is 59.6 Å². The van der Waals surface area contributed by atoms with Crippen LogP contribution in [-0.2, 0) is 9.59 Å². The molecule has 13 heteroatoms. The molecule has 3 aliphatic rings. The summed E-state index contributed by atoms with van der Waals surface area (Å²) in [6.07, 6.45) is 7.89. The molecule has 0 unspecified atom stereocenters. The minimum absolute atomic E-state index is 0.0409. The van der Waals surface area contributed by atoms with Gasteiger partial charge in [0.25, 0.3) is 0 Å². The summed E-state index contributed by atoms with van der Waals surface area (Å²) in [4.78, 5) is 71.9. The molecule has 298 valence electrons. The van der Waals surface area contributed by atoms with E-state index >= 15 is 0 Å². The fourth-order valence-electron chi connectivity index (χ4n) is 7.80. The Morgan fingerprint density at radius 2 is 1.16 bits per heavy atom. The number of allylic oxidation sites excluding steroid dienone is 1. The minimum Gasteiger partial charge on any atom is -0.340 e. The van der Waals surface area contributed by atoms with Crippen molar-refractivity contribution in [2.45, 2.75) is 84.0 Å². The number of aromatic amines is 1. The normalized spacial score (nSPS) is 19.2. The van der Waals surface area contributed by atoms with Crippen LogP contribution in [0.15, 0.2) is 65.9 Å². The first kappa shape index (κ1) is 40.2. The number of nitrogens with zero attached hydrogens (tertiary/aromatic N) is 6. The first-order chi connectivity index (χ1) is 26.7. The highest BCUT2D eigenvalue weighted by molar-refractivity contribution is 6.04. The Bertz CT molecular complexity index is 1960. The Kier molecular flexibility index (Phi) is 12.3. The third-order valence-electron chi connectivity index (χ3n) is 11.1. The van der Waals surface area contributed by atoms with Gasteiger partial charge in [-0.3, -0.25) is 14.6 Å². The number of carbonyl (C=O) groups excluding carboxylic acids is 4. The molecule has 13 nitrogen and oxygen atoms in total. The summed E-state index contributed by atoms with van der Waals surface area (Å²) >= 11 is 0. The van der Waals surface area contributed by atoms with Crippen molar-refractivity contribution < 1.29 is 19.2 Å². The Labute approximate surface area is 330 Å². The number of hydrogen-bond donors (Lipinski definition) is 3. The van der Waals surface area contributed by atoms with Crippen molar-refractivity contribution in [3.8, 4) is 22.4 Å². The van der Waals surface area contributed by atoms with E-state index in [1.165, 1.54) is 9.80 Å². The Morgan fingerprint density at radius 3 is 1.66 bits per heavy atom. The molecule has 1 aromatic heterocycles. The number of likely N-dealkylation sites (tertiary alicyclic amines) is 2. The third-order valence-corrected chi connectivity index (χ3v) is 11.1. The van der Waals surface area contributed by atoms with Crippen LogP contribution in [0.5, 0.6) is 0 Å². The highest BCUT2D eigenvalue weighted by atomic mass is 16.2. The van der Waals surface area contributed by atoms with Crippen LogP contribution in [0.3, 0.4) is 0 Å². The number of imidazole rings is 1. The van der Waals surface area contributed by atoms with Crippen molar-refractivity contribution in [3.05, 3.63) is 72.3 Å². The molecule has 2 saturated heterocycles. The maximum absolute atomic E-state index is 13.7. The number of amides is 6. The van der Waals surface area contributed by atoms with Gasteiger partial charge in [-0.1, -0.05) is 76.2 Å². The fourth-order valence-corrected chi connectivity index (χ4v) is 7.80. The highest BCUT2D eigenvalue weighted by Gasteiger charge is 2.39. The summed E-state index contributed by atoms with van der Waals surface area (Å²) in [5.74, 6) is 0.519. The Balaban J connectivity index is 1.07. The molecule has 0 radical (unpaired) electrons. The highest BCUT2D eigenvalue weighted by Crippen LogP contribution is 2.34. The van der Waals surface area contributed by atoms with E-state index in [-0.39, 0.29) is 47.8 Å². The van der Waals surface area contributed by atoms with Crippen LogP contribution in [0.25, 0.3) is 28.0 Å². The number of rotatable bonds is 11. The van der Waals surface area contributed by atoms with Crippen molar-refractivity contribution in [1.82, 2.24) is 40.2 Å². The summed E-state index contributed by atoms with van der Waals surface area (Å²) in [7, 11) is 6.68.